The van der Waals surface area contributed by atoms with Crippen molar-refractivity contribution in [1.82, 2.24) is 5.32 Å². The van der Waals surface area contributed by atoms with Crippen molar-refractivity contribution in [1.29, 1.82) is 0 Å². The molecular weight excluding hydrogens is 339 g/mol. The van der Waals surface area contributed by atoms with Crippen molar-refractivity contribution in [2.45, 2.75) is 57.8 Å². The summed E-state index contributed by atoms with van der Waals surface area (Å²) in [6, 6.07) is 0. The fraction of sp³-hybridized carbons (Fsp3) is 0.875. The van der Waals surface area contributed by atoms with Crippen LogP contribution < -0.4 is 34.9 Å². The fourth-order valence-corrected chi connectivity index (χ4v) is 2.04. The molecular formula is C16H34N2NaO4S+. The molecule has 138 valence electrons. The van der Waals surface area contributed by atoms with Crippen molar-refractivity contribution in [2.24, 2.45) is 0 Å². The maximum atomic E-state index is 11.6. The third-order valence-corrected chi connectivity index (χ3v) is 3.23. The Morgan fingerprint density at radius 3 is 1.83 bits per heavy atom. The average Bonchev–Trinajstić information content (AvgIpc) is 2.41. The van der Waals surface area contributed by atoms with Crippen molar-refractivity contribution in [2.75, 3.05) is 34.2 Å². The molecule has 1 amide bonds. The molecule has 8 heteroatoms. The van der Waals surface area contributed by atoms with E-state index in [4.69, 9.17) is 12.6 Å². The van der Waals surface area contributed by atoms with Gasteiger partial charge < -0.3 is 16.7 Å². The predicted molar refractivity (Wildman–Crippen MR) is 92.5 cm³/mol. The fourth-order valence-electron chi connectivity index (χ4n) is 2.04. The Balaban J connectivity index is -0.000000787. The second-order valence-corrected chi connectivity index (χ2v) is 7.05. The van der Waals surface area contributed by atoms with Gasteiger partial charge in [0.05, 0.1) is 27.7 Å². The largest absolute Gasteiger partial charge is 1.00 e. The molecule has 0 atom stereocenters. The van der Waals surface area contributed by atoms with Gasteiger partial charge in [0.15, 0.2) is 0 Å². The summed E-state index contributed by atoms with van der Waals surface area (Å²) < 4.78 is 26.3. The minimum absolute atomic E-state index is 0. The molecule has 0 aromatic heterocycles. The monoisotopic (exact) mass is 373 g/mol. The van der Waals surface area contributed by atoms with Crippen LogP contribution in [0.1, 0.15) is 57.8 Å². The second kappa shape index (κ2) is 19.4. The van der Waals surface area contributed by atoms with Crippen molar-refractivity contribution in [3.63, 3.8) is 0 Å². The molecule has 6 nitrogen and oxygen atoms in total. The van der Waals surface area contributed by atoms with Crippen LogP contribution in [0.4, 0.5) is 0 Å². The van der Waals surface area contributed by atoms with Gasteiger partial charge in [0.25, 0.3) is 0 Å². The molecule has 0 saturated heterocycles. The van der Waals surface area contributed by atoms with Gasteiger partial charge in [-0.3, -0.25) is 4.79 Å². The summed E-state index contributed by atoms with van der Waals surface area (Å²) in [6.07, 6.45) is 10.1. The first kappa shape index (κ1) is 28.8. The van der Waals surface area contributed by atoms with E-state index in [1.807, 2.05) is 0 Å². The number of amides is 1. The zero-order valence-corrected chi connectivity index (χ0v) is 18.8. The Bertz CT molecular complexity index is 387. The first-order valence-corrected chi connectivity index (χ1v) is 9.32. The molecule has 0 bridgehead atoms. The second-order valence-electron chi connectivity index (χ2n) is 6.65. The average molecular weight is 374 g/mol. The van der Waals surface area contributed by atoms with Gasteiger partial charge in [0, 0.05) is 19.4 Å². The van der Waals surface area contributed by atoms with E-state index in [1.165, 1.54) is 32.1 Å². The first-order chi connectivity index (χ1) is 10.7. The van der Waals surface area contributed by atoms with E-state index < -0.39 is 10.6 Å². The van der Waals surface area contributed by atoms with Crippen LogP contribution in [0.5, 0.6) is 0 Å². The number of nitrogens with one attached hydrogen (secondary N) is 1. The molecule has 0 aliphatic rings. The third kappa shape index (κ3) is 33.6. The summed E-state index contributed by atoms with van der Waals surface area (Å²) in [5.74, 6) is 0.221. The molecule has 0 fully saturated rings. The van der Waals surface area contributed by atoms with E-state index in [0.717, 1.165) is 36.8 Å². The molecule has 1 N–H and O–H groups in total. The minimum atomic E-state index is -3.11. The van der Waals surface area contributed by atoms with Crippen molar-refractivity contribution < 1.29 is 51.5 Å². The van der Waals surface area contributed by atoms with Crippen LogP contribution in [0.2, 0.25) is 0 Å². The number of carbonyl (C=O) groups excluding carboxylic acids is 1. The van der Waals surface area contributed by atoms with Gasteiger partial charge in [-0.05, 0) is 6.42 Å². The Labute approximate surface area is 171 Å². The maximum Gasteiger partial charge on any atom is 1.00 e. The Kier molecular flexibility index (Phi) is 23.3. The van der Waals surface area contributed by atoms with Gasteiger partial charge in [0.1, 0.15) is 0 Å². The van der Waals surface area contributed by atoms with Crippen LogP contribution in [0.25, 0.3) is 0 Å². The molecule has 24 heavy (non-hydrogen) atoms. The SMILES string of the molecule is O=S(=O)=O.[CH2-]CCCCCCCCC(=O)NCCC[N+](C)(C)C.[Na+]. The molecule has 0 heterocycles. The number of hydrogen-bond donors (Lipinski definition) is 1. The zero-order chi connectivity index (χ0) is 18.1. The molecule has 0 aliphatic heterocycles. The Morgan fingerprint density at radius 1 is 0.917 bits per heavy atom. The first-order valence-electron chi connectivity index (χ1n) is 8.32. The molecule has 0 aliphatic carbocycles. The van der Waals surface area contributed by atoms with Gasteiger partial charge in [-0.25, -0.2) is 0 Å². The van der Waals surface area contributed by atoms with Crippen molar-refractivity contribution in [3.8, 4) is 0 Å². The summed E-state index contributed by atoms with van der Waals surface area (Å²) in [5, 5.41) is 3.01. The zero-order valence-electron chi connectivity index (χ0n) is 16.0. The maximum absolute atomic E-state index is 11.6. The van der Waals surface area contributed by atoms with E-state index in [1.54, 1.807) is 0 Å². The molecule has 0 spiro atoms. The topological polar surface area (TPSA) is 80.3 Å². The van der Waals surface area contributed by atoms with E-state index in [9.17, 15) is 4.79 Å². The Morgan fingerprint density at radius 2 is 1.38 bits per heavy atom. The van der Waals surface area contributed by atoms with Crippen molar-refractivity contribution in [3.05, 3.63) is 6.92 Å². The van der Waals surface area contributed by atoms with Crippen LogP contribution in [0.3, 0.4) is 0 Å². The van der Waals surface area contributed by atoms with Crippen molar-refractivity contribution >= 4 is 16.5 Å². The normalized spacial score (nSPS) is 10.2. The third-order valence-electron chi connectivity index (χ3n) is 3.23. The molecule has 0 saturated carbocycles. The number of rotatable bonds is 12. The molecule has 0 rings (SSSR count). The quantitative estimate of drug-likeness (QED) is 0.209. The summed E-state index contributed by atoms with van der Waals surface area (Å²) in [5.41, 5.74) is 0. The standard InChI is InChI=1S/C16H34N2O.Na.O3S/c1-5-6-7-8-9-10-11-13-16(19)17-14-12-15-18(2,3)4;;1-4(2)3/h1,5-15H2,2-4H3,(H,17,19);;/q;+1;. The van der Waals surface area contributed by atoms with Crippen LogP contribution in [-0.4, -0.2) is 57.2 Å². The number of carbonyl (C=O) groups is 1. The van der Waals surface area contributed by atoms with E-state index >= 15 is 0 Å². The number of nitrogens with zero attached hydrogens (tertiary/aromatic N) is 1. The summed E-state index contributed by atoms with van der Waals surface area (Å²) in [7, 11) is 3.42. The van der Waals surface area contributed by atoms with Gasteiger partial charge in [-0.2, -0.15) is 6.42 Å². The predicted octanol–water partition coefficient (Wildman–Crippen LogP) is -0.846. The van der Waals surface area contributed by atoms with Crippen LogP contribution in [-0.2, 0) is 15.4 Å². The molecule has 0 aromatic rings. The molecule has 0 radical (unpaired) electrons. The van der Waals surface area contributed by atoms with E-state index in [-0.39, 0.29) is 35.5 Å². The summed E-state index contributed by atoms with van der Waals surface area (Å²) in [4.78, 5) is 11.6. The number of hydrogen-bond acceptors (Lipinski definition) is 4. The summed E-state index contributed by atoms with van der Waals surface area (Å²) >= 11 is 0. The van der Waals surface area contributed by atoms with Crippen LogP contribution in [0.15, 0.2) is 0 Å². The van der Waals surface area contributed by atoms with E-state index in [2.05, 4.69) is 33.4 Å². The number of unbranched alkanes of at least 4 members (excludes halogenated alkanes) is 6. The smallest absolute Gasteiger partial charge is 0.356 e. The van der Waals surface area contributed by atoms with Crippen LogP contribution >= 0.6 is 0 Å². The molecule has 0 aromatic carbocycles. The van der Waals surface area contributed by atoms with Gasteiger partial charge >= 0.3 is 40.2 Å². The van der Waals surface area contributed by atoms with Gasteiger partial charge in [-0.15, -0.1) is 12.6 Å². The number of quaternary nitrogens is 1. The Hall–Kier alpha value is 0.0500. The minimum Gasteiger partial charge on any atom is -0.356 e. The molecule has 0 unspecified atom stereocenters. The van der Waals surface area contributed by atoms with E-state index in [0.29, 0.717) is 6.42 Å². The van der Waals surface area contributed by atoms with Gasteiger partial charge in [-0.1, -0.05) is 32.1 Å². The van der Waals surface area contributed by atoms with Crippen LogP contribution in [0, 0.1) is 6.92 Å². The summed E-state index contributed by atoms with van der Waals surface area (Å²) in [6.45, 7) is 5.76. The van der Waals surface area contributed by atoms with Gasteiger partial charge in [0.2, 0.25) is 5.91 Å².